The highest BCUT2D eigenvalue weighted by Crippen LogP contribution is 2.33. The van der Waals surface area contributed by atoms with Gasteiger partial charge in [0.25, 0.3) is 0 Å². The summed E-state index contributed by atoms with van der Waals surface area (Å²) in [6.07, 6.45) is 1.45. The first-order chi connectivity index (χ1) is 13.5. The maximum Gasteiger partial charge on any atom is 0.356 e. The number of carbonyl (C=O) groups is 3. The van der Waals surface area contributed by atoms with Gasteiger partial charge >= 0.3 is 5.97 Å². The summed E-state index contributed by atoms with van der Waals surface area (Å²) in [7, 11) is 0. The second-order valence-electron chi connectivity index (χ2n) is 6.06. The van der Waals surface area contributed by atoms with Crippen LogP contribution >= 0.6 is 11.6 Å². The van der Waals surface area contributed by atoms with E-state index in [1.165, 1.54) is 12.3 Å². The largest absolute Gasteiger partial charge is 0.461 e. The molecule has 0 saturated heterocycles. The lowest BCUT2D eigenvalue weighted by atomic mass is 9.84. The number of hydrogen-bond donors (Lipinski definition) is 0. The van der Waals surface area contributed by atoms with Crippen LogP contribution in [-0.4, -0.2) is 34.1 Å². The minimum atomic E-state index is -0.674. The fourth-order valence-corrected chi connectivity index (χ4v) is 3.24. The number of hydrogen-bond acceptors (Lipinski definition) is 6. The number of esters is 1. The van der Waals surface area contributed by atoms with Crippen molar-refractivity contribution in [2.45, 2.75) is 6.92 Å². The van der Waals surface area contributed by atoms with Crippen molar-refractivity contribution >= 4 is 29.1 Å². The molecule has 0 aliphatic heterocycles. The van der Waals surface area contributed by atoms with Crippen molar-refractivity contribution in [2.75, 3.05) is 6.61 Å². The molecule has 0 bridgehead atoms. The zero-order valence-corrected chi connectivity index (χ0v) is 15.5. The molecule has 0 saturated carbocycles. The van der Waals surface area contributed by atoms with Gasteiger partial charge in [0, 0.05) is 22.3 Å². The average Bonchev–Trinajstić information content (AvgIpc) is 2.72. The number of fused-ring (bicyclic) bond motifs is 2. The van der Waals surface area contributed by atoms with Gasteiger partial charge in [-0.3, -0.25) is 14.6 Å². The van der Waals surface area contributed by atoms with Crippen molar-refractivity contribution < 1.29 is 19.1 Å². The van der Waals surface area contributed by atoms with Crippen LogP contribution in [-0.2, 0) is 4.74 Å². The predicted molar refractivity (Wildman–Crippen MR) is 102 cm³/mol. The maximum absolute atomic E-state index is 13.1. The summed E-state index contributed by atoms with van der Waals surface area (Å²) in [4.78, 5) is 46.8. The minimum absolute atomic E-state index is 0.0499. The molecule has 3 aromatic rings. The first-order valence-corrected chi connectivity index (χ1v) is 8.91. The topological polar surface area (TPSA) is 86.2 Å². The number of ketones is 2. The molecule has 138 valence electrons. The predicted octanol–water partition coefficient (Wildman–Crippen LogP) is 3.75. The van der Waals surface area contributed by atoms with Gasteiger partial charge in [-0.15, -0.1) is 0 Å². The number of ether oxygens (including phenoxy) is 1. The number of halogens is 1. The third-order valence-electron chi connectivity index (χ3n) is 4.36. The molecule has 0 N–H and O–H groups in total. The fourth-order valence-electron chi connectivity index (χ4n) is 3.11. The number of carbonyl (C=O) groups excluding carboxylic acids is 3. The monoisotopic (exact) mass is 392 g/mol. The molecule has 6 nitrogen and oxygen atoms in total. The number of nitrogens with zero attached hydrogens (tertiary/aromatic N) is 2. The van der Waals surface area contributed by atoms with E-state index in [-0.39, 0.29) is 46.2 Å². The van der Waals surface area contributed by atoms with E-state index in [1.807, 2.05) is 0 Å². The summed E-state index contributed by atoms with van der Waals surface area (Å²) < 4.78 is 5.03. The van der Waals surface area contributed by atoms with E-state index in [1.54, 1.807) is 43.3 Å². The van der Waals surface area contributed by atoms with E-state index in [0.29, 0.717) is 10.6 Å². The van der Waals surface area contributed by atoms with Gasteiger partial charge in [-0.2, -0.15) is 0 Å². The van der Waals surface area contributed by atoms with Crippen LogP contribution in [0.25, 0.3) is 11.3 Å². The van der Waals surface area contributed by atoms with Crippen molar-refractivity contribution in [3.63, 3.8) is 0 Å². The minimum Gasteiger partial charge on any atom is -0.461 e. The van der Waals surface area contributed by atoms with Crippen molar-refractivity contribution in [1.82, 2.24) is 9.97 Å². The van der Waals surface area contributed by atoms with Crippen LogP contribution in [0.4, 0.5) is 0 Å². The van der Waals surface area contributed by atoms with E-state index in [9.17, 15) is 14.4 Å². The van der Waals surface area contributed by atoms with Crippen molar-refractivity contribution in [2.24, 2.45) is 0 Å². The normalized spacial score (nSPS) is 12.4. The van der Waals surface area contributed by atoms with Crippen LogP contribution in [0.3, 0.4) is 0 Å². The van der Waals surface area contributed by atoms with Gasteiger partial charge in [-0.25, -0.2) is 9.78 Å². The van der Waals surface area contributed by atoms with Gasteiger partial charge < -0.3 is 4.74 Å². The van der Waals surface area contributed by atoms with E-state index in [4.69, 9.17) is 16.3 Å². The van der Waals surface area contributed by atoms with Gasteiger partial charge in [0.15, 0.2) is 5.78 Å². The number of rotatable bonds is 3. The molecule has 2 heterocycles. The molecule has 0 fully saturated rings. The summed E-state index contributed by atoms with van der Waals surface area (Å²) in [5, 5.41) is 0.510. The Kier molecular flexibility index (Phi) is 4.49. The molecule has 2 aromatic heterocycles. The summed E-state index contributed by atoms with van der Waals surface area (Å²) in [6.45, 7) is 1.83. The summed E-state index contributed by atoms with van der Waals surface area (Å²) in [5.41, 5.74) is 1.22. The lowest BCUT2D eigenvalue weighted by Gasteiger charge is -2.20. The summed E-state index contributed by atoms with van der Waals surface area (Å²) in [5.74, 6) is -1.48. The average molecular weight is 393 g/mol. The maximum atomic E-state index is 13.1. The highest BCUT2D eigenvalue weighted by Gasteiger charge is 2.35. The molecule has 1 aliphatic rings. The molecule has 0 atom stereocenters. The molecule has 0 spiro atoms. The number of aromatic nitrogens is 2. The van der Waals surface area contributed by atoms with Gasteiger partial charge in [-0.05, 0) is 37.3 Å². The molecule has 4 rings (SSSR count). The third-order valence-corrected chi connectivity index (χ3v) is 4.61. The van der Waals surface area contributed by atoms with Crippen LogP contribution in [0.2, 0.25) is 5.02 Å². The summed E-state index contributed by atoms with van der Waals surface area (Å²) >= 11 is 5.96. The Hall–Kier alpha value is -3.38. The third kappa shape index (κ3) is 2.88. The molecule has 7 heteroatoms. The second kappa shape index (κ2) is 6.98. The Bertz CT molecular complexity index is 1140. The Balaban J connectivity index is 2.01. The van der Waals surface area contributed by atoms with Crippen LogP contribution in [0, 0.1) is 0 Å². The molecule has 1 aliphatic carbocycles. The zero-order chi connectivity index (χ0) is 19.8. The highest BCUT2D eigenvalue weighted by atomic mass is 35.5. The molecular weight excluding hydrogens is 380 g/mol. The van der Waals surface area contributed by atoms with Crippen LogP contribution in [0.5, 0.6) is 0 Å². The molecule has 0 unspecified atom stereocenters. The molecular formula is C21H13ClN2O4. The standard InChI is InChI=1S/C21H13ClN2O4/c1-2-28-21(27)15-10-14-16(17(24-15)11-5-7-12(22)8-6-11)19(25)13-4-3-9-23-18(13)20(14)26/h3-10H,2H2,1H3. The van der Waals surface area contributed by atoms with Gasteiger partial charge in [0.2, 0.25) is 5.78 Å². The lowest BCUT2D eigenvalue weighted by molar-refractivity contribution is 0.0519. The second-order valence-corrected chi connectivity index (χ2v) is 6.50. The Morgan fingerprint density at radius 3 is 2.50 bits per heavy atom. The molecule has 0 radical (unpaired) electrons. The van der Waals surface area contributed by atoms with Crippen LogP contribution < -0.4 is 0 Å². The van der Waals surface area contributed by atoms with E-state index < -0.39 is 11.8 Å². The first kappa shape index (κ1) is 18.0. The van der Waals surface area contributed by atoms with Crippen molar-refractivity contribution in [1.29, 1.82) is 0 Å². The fraction of sp³-hybridized carbons (Fsp3) is 0.0952. The summed E-state index contributed by atoms with van der Waals surface area (Å²) in [6, 6.07) is 11.1. The van der Waals surface area contributed by atoms with Crippen LogP contribution in [0.1, 0.15) is 49.4 Å². The Morgan fingerprint density at radius 2 is 1.79 bits per heavy atom. The zero-order valence-electron chi connectivity index (χ0n) is 14.7. The Morgan fingerprint density at radius 1 is 1.04 bits per heavy atom. The van der Waals surface area contributed by atoms with Gasteiger partial charge in [-0.1, -0.05) is 23.7 Å². The van der Waals surface area contributed by atoms with Gasteiger partial charge in [0.1, 0.15) is 11.4 Å². The van der Waals surface area contributed by atoms with Gasteiger partial charge in [0.05, 0.1) is 23.4 Å². The number of benzene rings is 1. The van der Waals surface area contributed by atoms with E-state index in [0.717, 1.165) is 0 Å². The molecule has 0 amide bonds. The van der Waals surface area contributed by atoms with Crippen molar-refractivity contribution in [3.05, 3.63) is 81.8 Å². The molecule has 28 heavy (non-hydrogen) atoms. The SMILES string of the molecule is CCOC(=O)c1cc2c(c(-c3ccc(Cl)cc3)n1)C(=O)c1cccnc1C2=O. The van der Waals surface area contributed by atoms with E-state index >= 15 is 0 Å². The highest BCUT2D eigenvalue weighted by molar-refractivity contribution is 6.31. The first-order valence-electron chi connectivity index (χ1n) is 8.53. The number of pyridine rings is 2. The van der Waals surface area contributed by atoms with Crippen LogP contribution in [0.15, 0.2) is 48.7 Å². The Labute approximate surface area is 165 Å². The van der Waals surface area contributed by atoms with Crippen molar-refractivity contribution in [3.8, 4) is 11.3 Å². The quantitative estimate of drug-likeness (QED) is 0.493. The smallest absolute Gasteiger partial charge is 0.356 e. The molecule has 1 aromatic carbocycles. The lowest BCUT2D eigenvalue weighted by Crippen LogP contribution is -2.25. The van der Waals surface area contributed by atoms with E-state index in [2.05, 4.69) is 9.97 Å².